The van der Waals surface area contributed by atoms with Gasteiger partial charge in [-0.3, -0.25) is 14.6 Å². The number of amides is 2. The van der Waals surface area contributed by atoms with E-state index >= 15 is 0 Å². The number of carbonyl (C=O) groups is 2. The molecule has 2 aromatic heterocycles. The molecule has 2 saturated heterocycles. The second kappa shape index (κ2) is 7.13. The van der Waals surface area contributed by atoms with Crippen molar-refractivity contribution >= 4 is 23.2 Å². The van der Waals surface area contributed by atoms with Gasteiger partial charge in [0.25, 0.3) is 11.8 Å². The molecule has 0 radical (unpaired) electrons. The predicted octanol–water partition coefficient (Wildman–Crippen LogP) is 1.73. The van der Waals surface area contributed by atoms with E-state index < -0.39 is 0 Å². The summed E-state index contributed by atoms with van der Waals surface area (Å²) in [6.07, 6.45) is 3.93. The SMILES string of the molecule is O=C(NC1COC2(CCN(C(=O)c3cscn3)CC2)C1)c1ccccn1. The van der Waals surface area contributed by atoms with Crippen LogP contribution in [0.4, 0.5) is 0 Å². The number of hydrogen-bond donors (Lipinski definition) is 1. The minimum Gasteiger partial charge on any atom is -0.373 e. The van der Waals surface area contributed by atoms with E-state index in [1.165, 1.54) is 11.3 Å². The first-order chi connectivity index (χ1) is 12.7. The fraction of sp³-hybridized carbons (Fsp3) is 0.444. The number of piperidine rings is 1. The third-order valence-corrected chi connectivity index (χ3v) is 5.64. The first kappa shape index (κ1) is 17.1. The summed E-state index contributed by atoms with van der Waals surface area (Å²) in [6.45, 7) is 1.80. The van der Waals surface area contributed by atoms with Crippen molar-refractivity contribution in [2.75, 3.05) is 19.7 Å². The lowest BCUT2D eigenvalue weighted by atomic mass is 9.87. The standard InChI is InChI=1S/C18H20N4O3S/c23-16(14-3-1-2-6-19-14)21-13-9-18(25-10-13)4-7-22(8-5-18)17(24)15-11-26-12-20-15/h1-3,6,11-13H,4-5,7-10H2,(H,21,23). The van der Waals surface area contributed by atoms with Gasteiger partial charge in [0.15, 0.2) is 0 Å². The molecule has 0 bridgehead atoms. The molecule has 0 aliphatic carbocycles. The lowest BCUT2D eigenvalue weighted by molar-refractivity contribution is -0.0390. The second-order valence-electron chi connectivity index (χ2n) is 6.75. The van der Waals surface area contributed by atoms with Crippen LogP contribution in [0.15, 0.2) is 35.3 Å². The topological polar surface area (TPSA) is 84.4 Å². The van der Waals surface area contributed by atoms with E-state index in [9.17, 15) is 9.59 Å². The second-order valence-corrected chi connectivity index (χ2v) is 7.47. The van der Waals surface area contributed by atoms with Gasteiger partial charge < -0.3 is 15.0 Å². The number of aromatic nitrogens is 2. The predicted molar refractivity (Wildman–Crippen MR) is 96.0 cm³/mol. The zero-order valence-corrected chi connectivity index (χ0v) is 15.1. The molecule has 136 valence electrons. The van der Waals surface area contributed by atoms with Crippen molar-refractivity contribution in [3.63, 3.8) is 0 Å². The summed E-state index contributed by atoms with van der Waals surface area (Å²) in [6, 6.07) is 5.25. The molecule has 4 heterocycles. The zero-order chi connectivity index (χ0) is 18.0. The summed E-state index contributed by atoms with van der Waals surface area (Å²) in [4.78, 5) is 34.7. The smallest absolute Gasteiger partial charge is 0.273 e. The number of carbonyl (C=O) groups excluding carboxylic acids is 2. The molecule has 8 heteroatoms. The monoisotopic (exact) mass is 372 g/mol. The molecule has 7 nitrogen and oxygen atoms in total. The summed E-state index contributed by atoms with van der Waals surface area (Å²) in [5.74, 6) is -0.188. The Hall–Kier alpha value is -2.32. The summed E-state index contributed by atoms with van der Waals surface area (Å²) in [7, 11) is 0. The number of pyridine rings is 1. The number of rotatable bonds is 3. The van der Waals surface area contributed by atoms with Crippen LogP contribution in [0.3, 0.4) is 0 Å². The van der Waals surface area contributed by atoms with Crippen LogP contribution in [0.1, 0.15) is 40.2 Å². The molecule has 2 fully saturated rings. The Morgan fingerprint density at radius 2 is 2.08 bits per heavy atom. The molecular weight excluding hydrogens is 352 g/mol. The summed E-state index contributed by atoms with van der Waals surface area (Å²) in [5.41, 5.74) is 2.35. The van der Waals surface area contributed by atoms with E-state index in [0.29, 0.717) is 31.1 Å². The van der Waals surface area contributed by atoms with Gasteiger partial charge in [-0.1, -0.05) is 6.07 Å². The lowest BCUT2D eigenvalue weighted by Crippen LogP contribution is -2.47. The lowest BCUT2D eigenvalue weighted by Gasteiger charge is -2.38. The Kier molecular flexibility index (Phi) is 4.69. The van der Waals surface area contributed by atoms with Crippen molar-refractivity contribution in [3.8, 4) is 0 Å². The van der Waals surface area contributed by atoms with E-state index in [1.54, 1.807) is 35.3 Å². The van der Waals surface area contributed by atoms with E-state index in [1.807, 2.05) is 4.90 Å². The minimum atomic E-state index is -0.249. The number of thiazole rings is 1. The number of nitrogens with one attached hydrogen (secondary N) is 1. The van der Waals surface area contributed by atoms with E-state index in [2.05, 4.69) is 15.3 Å². The van der Waals surface area contributed by atoms with Gasteiger partial charge in [0, 0.05) is 24.7 Å². The highest BCUT2D eigenvalue weighted by molar-refractivity contribution is 7.07. The Balaban J connectivity index is 1.31. The molecule has 2 aromatic rings. The van der Waals surface area contributed by atoms with Crippen molar-refractivity contribution < 1.29 is 14.3 Å². The summed E-state index contributed by atoms with van der Waals surface area (Å²) in [5, 5.41) is 4.79. The molecule has 0 saturated carbocycles. The Morgan fingerprint density at radius 3 is 2.77 bits per heavy atom. The highest BCUT2D eigenvalue weighted by Crippen LogP contribution is 2.36. The van der Waals surface area contributed by atoms with Crippen LogP contribution in [0.2, 0.25) is 0 Å². The minimum absolute atomic E-state index is 0.0147. The van der Waals surface area contributed by atoms with Crippen molar-refractivity contribution in [1.29, 1.82) is 0 Å². The molecule has 2 aliphatic rings. The number of nitrogens with zero attached hydrogens (tertiary/aromatic N) is 3. The number of hydrogen-bond acceptors (Lipinski definition) is 6. The maximum absolute atomic E-state index is 12.4. The molecule has 4 rings (SSSR count). The van der Waals surface area contributed by atoms with Crippen LogP contribution < -0.4 is 5.32 Å². The van der Waals surface area contributed by atoms with Crippen LogP contribution >= 0.6 is 11.3 Å². The van der Waals surface area contributed by atoms with Crippen molar-refractivity contribution in [3.05, 3.63) is 46.7 Å². The molecule has 2 aliphatic heterocycles. The van der Waals surface area contributed by atoms with Crippen molar-refractivity contribution in [2.24, 2.45) is 0 Å². The van der Waals surface area contributed by atoms with Crippen LogP contribution in [0.5, 0.6) is 0 Å². The first-order valence-corrected chi connectivity index (χ1v) is 9.63. The number of ether oxygens (including phenoxy) is 1. The molecule has 1 atom stereocenters. The van der Waals surface area contributed by atoms with Crippen molar-refractivity contribution in [1.82, 2.24) is 20.2 Å². The van der Waals surface area contributed by atoms with Gasteiger partial charge in [-0.25, -0.2) is 4.98 Å². The Labute approximate surface area is 155 Å². The summed E-state index contributed by atoms with van der Waals surface area (Å²) >= 11 is 1.43. The Morgan fingerprint density at radius 1 is 1.23 bits per heavy atom. The molecule has 1 unspecified atom stereocenters. The van der Waals surface area contributed by atoms with Gasteiger partial charge in [0.1, 0.15) is 11.4 Å². The average Bonchev–Trinajstić information content (AvgIpc) is 3.33. The van der Waals surface area contributed by atoms with Crippen LogP contribution in [0.25, 0.3) is 0 Å². The third kappa shape index (κ3) is 3.47. The zero-order valence-electron chi connectivity index (χ0n) is 14.3. The maximum atomic E-state index is 12.4. The largest absolute Gasteiger partial charge is 0.373 e. The number of likely N-dealkylation sites (tertiary alicyclic amines) is 1. The third-order valence-electron chi connectivity index (χ3n) is 5.06. The molecular formula is C18H20N4O3S. The van der Waals surface area contributed by atoms with E-state index in [0.717, 1.165) is 19.3 Å². The fourth-order valence-electron chi connectivity index (χ4n) is 3.64. The molecule has 26 heavy (non-hydrogen) atoms. The summed E-state index contributed by atoms with van der Waals surface area (Å²) < 4.78 is 6.06. The maximum Gasteiger partial charge on any atom is 0.273 e. The van der Waals surface area contributed by atoms with Gasteiger partial charge in [-0.2, -0.15) is 0 Å². The molecule has 0 aromatic carbocycles. The van der Waals surface area contributed by atoms with Crippen LogP contribution in [-0.4, -0.2) is 58.0 Å². The van der Waals surface area contributed by atoms with Gasteiger partial charge in [0.05, 0.1) is 23.8 Å². The average molecular weight is 372 g/mol. The van der Waals surface area contributed by atoms with Gasteiger partial charge >= 0.3 is 0 Å². The van der Waals surface area contributed by atoms with Crippen molar-refractivity contribution in [2.45, 2.75) is 30.9 Å². The molecule has 1 N–H and O–H groups in total. The van der Waals surface area contributed by atoms with Gasteiger partial charge in [-0.15, -0.1) is 11.3 Å². The quantitative estimate of drug-likeness (QED) is 0.887. The molecule has 2 amide bonds. The highest BCUT2D eigenvalue weighted by atomic mass is 32.1. The normalized spacial score (nSPS) is 21.7. The molecule has 1 spiro atoms. The van der Waals surface area contributed by atoms with E-state index in [4.69, 9.17) is 4.74 Å². The Bertz CT molecular complexity index is 773. The van der Waals surface area contributed by atoms with Gasteiger partial charge in [-0.05, 0) is 31.4 Å². The van der Waals surface area contributed by atoms with E-state index in [-0.39, 0.29) is 23.5 Å². The van der Waals surface area contributed by atoms with Crippen LogP contribution in [0, 0.1) is 0 Å². The fourth-order valence-corrected chi connectivity index (χ4v) is 4.17. The first-order valence-electron chi connectivity index (χ1n) is 8.69. The van der Waals surface area contributed by atoms with Crippen LogP contribution in [-0.2, 0) is 4.74 Å². The highest BCUT2D eigenvalue weighted by Gasteiger charge is 2.44. The van der Waals surface area contributed by atoms with Gasteiger partial charge in [0.2, 0.25) is 0 Å².